The Bertz CT molecular complexity index is 1320. The number of hydrogen-bond acceptors (Lipinski definition) is 5. The van der Waals surface area contributed by atoms with Crippen LogP contribution in [-0.2, 0) is 9.59 Å². The fourth-order valence-corrected chi connectivity index (χ4v) is 4.49. The molecule has 4 rings (SSSR count). The fraction of sp³-hybridized carbons (Fsp3) is 0.172. The number of rotatable bonds is 9. The SMILES string of the molecule is Cc1ccc(-c2nnc(NC(=O)CCN(C(=O)/C=C/c3ccccc3)[C@@H](C)c3ccccc3)s2)cc1. The van der Waals surface area contributed by atoms with Gasteiger partial charge in [0.15, 0.2) is 0 Å². The Morgan fingerprint density at radius 2 is 1.61 bits per heavy atom. The van der Waals surface area contributed by atoms with Crippen LogP contribution in [0, 0.1) is 6.92 Å². The van der Waals surface area contributed by atoms with Gasteiger partial charge in [-0.2, -0.15) is 0 Å². The molecule has 0 bridgehead atoms. The Morgan fingerprint density at radius 3 is 2.31 bits per heavy atom. The Balaban J connectivity index is 1.42. The zero-order chi connectivity index (χ0) is 25.3. The number of nitrogens with zero attached hydrogens (tertiary/aromatic N) is 3. The number of benzene rings is 3. The van der Waals surface area contributed by atoms with Crippen LogP contribution in [0.4, 0.5) is 5.13 Å². The van der Waals surface area contributed by atoms with Crippen molar-refractivity contribution in [2.75, 3.05) is 11.9 Å². The van der Waals surface area contributed by atoms with Crippen molar-refractivity contribution in [3.05, 3.63) is 108 Å². The third-order valence-electron chi connectivity index (χ3n) is 5.80. The van der Waals surface area contributed by atoms with Gasteiger partial charge in [-0.3, -0.25) is 9.59 Å². The van der Waals surface area contributed by atoms with E-state index < -0.39 is 0 Å². The largest absolute Gasteiger partial charge is 0.332 e. The van der Waals surface area contributed by atoms with Gasteiger partial charge in [0.1, 0.15) is 5.01 Å². The fourth-order valence-electron chi connectivity index (χ4n) is 3.72. The minimum atomic E-state index is -0.216. The highest BCUT2D eigenvalue weighted by Crippen LogP contribution is 2.27. The molecule has 1 atom stereocenters. The zero-order valence-corrected chi connectivity index (χ0v) is 21.1. The number of hydrogen-bond donors (Lipinski definition) is 1. The van der Waals surface area contributed by atoms with E-state index in [9.17, 15) is 9.59 Å². The number of aromatic nitrogens is 2. The number of carbonyl (C=O) groups is 2. The first-order valence-electron chi connectivity index (χ1n) is 11.8. The molecule has 1 aromatic heterocycles. The van der Waals surface area contributed by atoms with Crippen molar-refractivity contribution in [2.24, 2.45) is 0 Å². The topological polar surface area (TPSA) is 75.2 Å². The van der Waals surface area contributed by atoms with E-state index in [0.29, 0.717) is 5.13 Å². The molecule has 0 unspecified atom stereocenters. The van der Waals surface area contributed by atoms with Crippen LogP contribution >= 0.6 is 11.3 Å². The molecule has 0 saturated carbocycles. The van der Waals surface area contributed by atoms with Crippen LogP contribution in [0.3, 0.4) is 0 Å². The normalized spacial score (nSPS) is 11.8. The molecule has 1 N–H and O–H groups in total. The number of anilines is 1. The van der Waals surface area contributed by atoms with Crippen molar-refractivity contribution in [2.45, 2.75) is 26.3 Å². The minimum absolute atomic E-state index is 0.140. The van der Waals surface area contributed by atoms with Crippen LogP contribution < -0.4 is 5.32 Å². The summed E-state index contributed by atoms with van der Waals surface area (Å²) < 4.78 is 0. The van der Waals surface area contributed by atoms with Gasteiger partial charge in [0, 0.05) is 24.6 Å². The van der Waals surface area contributed by atoms with E-state index in [1.54, 1.807) is 17.1 Å². The Morgan fingerprint density at radius 1 is 0.944 bits per heavy atom. The molecule has 182 valence electrons. The molecule has 0 spiro atoms. The van der Waals surface area contributed by atoms with Crippen molar-refractivity contribution in [1.29, 1.82) is 0 Å². The summed E-state index contributed by atoms with van der Waals surface area (Å²) in [5.41, 5.74) is 4.07. The molecule has 0 aliphatic heterocycles. The molecular weight excluding hydrogens is 468 g/mol. The molecule has 0 radical (unpaired) electrons. The minimum Gasteiger partial charge on any atom is -0.332 e. The van der Waals surface area contributed by atoms with Crippen molar-refractivity contribution >= 4 is 34.4 Å². The van der Waals surface area contributed by atoms with Crippen molar-refractivity contribution < 1.29 is 9.59 Å². The lowest BCUT2D eigenvalue weighted by atomic mass is 10.1. The summed E-state index contributed by atoms with van der Waals surface area (Å²) in [6, 6.07) is 27.3. The second-order valence-corrected chi connectivity index (χ2v) is 9.42. The van der Waals surface area contributed by atoms with Crippen LogP contribution in [0.25, 0.3) is 16.6 Å². The predicted molar refractivity (Wildman–Crippen MR) is 145 cm³/mol. The maximum absolute atomic E-state index is 13.2. The summed E-state index contributed by atoms with van der Waals surface area (Å²) in [5.74, 6) is -0.368. The summed E-state index contributed by atoms with van der Waals surface area (Å²) in [7, 11) is 0. The second kappa shape index (κ2) is 12.0. The molecule has 1 heterocycles. The summed E-state index contributed by atoms with van der Waals surface area (Å²) in [5, 5.41) is 12.3. The highest BCUT2D eigenvalue weighted by Gasteiger charge is 2.21. The Hall–Kier alpha value is -4.10. The highest BCUT2D eigenvalue weighted by molar-refractivity contribution is 7.18. The second-order valence-electron chi connectivity index (χ2n) is 8.44. The standard InChI is InChI=1S/C29H28N4O2S/c1-21-13-16-25(17-14-21)28-31-32-29(36-28)30-26(34)19-20-33(22(2)24-11-7-4-8-12-24)27(35)18-15-23-9-5-3-6-10-23/h3-18,22H,19-20H2,1-2H3,(H,30,32,34)/b18-15+/t22-/m0/s1. The van der Waals surface area contributed by atoms with Crippen molar-refractivity contribution in [1.82, 2.24) is 15.1 Å². The summed E-state index contributed by atoms with van der Waals surface area (Å²) >= 11 is 1.32. The molecule has 36 heavy (non-hydrogen) atoms. The van der Waals surface area contributed by atoms with E-state index in [4.69, 9.17) is 0 Å². The van der Waals surface area contributed by atoms with Gasteiger partial charge in [-0.05, 0) is 31.1 Å². The molecular formula is C29H28N4O2S. The third kappa shape index (κ3) is 6.73. The first-order valence-corrected chi connectivity index (χ1v) is 12.6. The molecule has 0 fully saturated rings. The molecule has 6 nitrogen and oxygen atoms in total. The average Bonchev–Trinajstić information content (AvgIpc) is 3.37. The zero-order valence-electron chi connectivity index (χ0n) is 20.3. The van der Waals surface area contributed by atoms with Crippen LogP contribution in [0.15, 0.2) is 91.0 Å². The van der Waals surface area contributed by atoms with E-state index >= 15 is 0 Å². The predicted octanol–water partition coefficient (Wildman–Crippen LogP) is 6.15. The third-order valence-corrected chi connectivity index (χ3v) is 6.69. The molecule has 0 saturated heterocycles. The van der Waals surface area contributed by atoms with E-state index in [-0.39, 0.29) is 30.8 Å². The number of aryl methyl sites for hydroxylation is 1. The molecule has 7 heteroatoms. The average molecular weight is 497 g/mol. The number of carbonyl (C=O) groups excluding carboxylic acids is 2. The van der Waals surface area contributed by atoms with Gasteiger partial charge in [-0.25, -0.2) is 0 Å². The van der Waals surface area contributed by atoms with Gasteiger partial charge in [-0.15, -0.1) is 10.2 Å². The van der Waals surface area contributed by atoms with Crippen LogP contribution in [0.2, 0.25) is 0 Å². The number of amides is 2. The lowest BCUT2D eigenvalue weighted by Crippen LogP contribution is -2.35. The van der Waals surface area contributed by atoms with Gasteiger partial charge in [0.2, 0.25) is 16.9 Å². The summed E-state index contributed by atoms with van der Waals surface area (Å²) in [6.07, 6.45) is 3.49. The molecule has 4 aromatic rings. The first kappa shape index (κ1) is 25.0. The van der Waals surface area contributed by atoms with E-state index in [1.165, 1.54) is 16.9 Å². The first-order chi connectivity index (χ1) is 17.5. The highest BCUT2D eigenvalue weighted by atomic mass is 32.1. The van der Waals surface area contributed by atoms with E-state index in [2.05, 4.69) is 15.5 Å². The lowest BCUT2D eigenvalue weighted by Gasteiger charge is -2.28. The van der Waals surface area contributed by atoms with E-state index in [1.807, 2.05) is 98.8 Å². The quantitative estimate of drug-likeness (QED) is 0.282. The molecule has 0 aliphatic rings. The van der Waals surface area contributed by atoms with Gasteiger partial charge in [0.25, 0.3) is 0 Å². The smallest absolute Gasteiger partial charge is 0.247 e. The monoisotopic (exact) mass is 496 g/mol. The van der Waals surface area contributed by atoms with Gasteiger partial charge < -0.3 is 10.2 Å². The Labute approximate surface area is 215 Å². The van der Waals surface area contributed by atoms with E-state index in [0.717, 1.165) is 21.7 Å². The molecule has 3 aromatic carbocycles. The van der Waals surface area contributed by atoms with Crippen LogP contribution in [-0.4, -0.2) is 33.5 Å². The lowest BCUT2D eigenvalue weighted by molar-refractivity contribution is -0.128. The van der Waals surface area contributed by atoms with Crippen molar-refractivity contribution in [3.8, 4) is 10.6 Å². The van der Waals surface area contributed by atoms with Gasteiger partial charge >= 0.3 is 0 Å². The maximum Gasteiger partial charge on any atom is 0.247 e. The van der Waals surface area contributed by atoms with Gasteiger partial charge in [-0.1, -0.05) is 102 Å². The molecule has 2 amide bonds. The maximum atomic E-state index is 13.2. The van der Waals surface area contributed by atoms with Gasteiger partial charge in [0.05, 0.1) is 6.04 Å². The number of nitrogens with one attached hydrogen (secondary N) is 1. The molecule has 0 aliphatic carbocycles. The van der Waals surface area contributed by atoms with Crippen molar-refractivity contribution in [3.63, 3.8) is 0 Å². The van der Waals surface area contributed by atoms with Crippen LogP contribution in [0.5, 0.6) is 0 Å². The Kier molecular flexibility index (Phi) is 8.36. The summed E-state index contributed by atoms with van der Waals surface area (Å²) in [6.45, 7) is 4.27. The van der Waals surface area contributed by atoms with Crippen LogP contribution in [0.1, 0.15) is 36.1 Å². The summed E-state index contributed by atoms with van der Waals surface area (Å²) in [4.78, 5) is 27.6.